The van der Waals surface area contributed by atoms with E-state index in [4.69, 9.17) is 13.6 Å². The predicted octanol–water partition coefficient (Wildman–Crippen LogP) is 3.69. The fraction of sp³-hybridized carbons (Fsp3) is 0. The molecular formula is C18H10O5. The van der Waals surface area contributed by atoms with Crippen LogP contribution in [0.1, 0.15) is 0 Å². The summed E-state index contributed by atoms with van der Waals surface area (Å²) in [6, 6.07) is 16.5. The lowest BCUT2D eigenvalue weighted by atomic mass is 10.2. The van der Waals surface area contributed by atoms with Crippen LogP contribution >= 0.6 is 0 Å². The van der Waals surface area contributed by atoms with Crippen LogP contribution in [0.3, 0.4) is 0 Å². The highest BCUT2D eigenvalue weighted by Crippen LogP contribution is 2.27. The topological polar surface area (TPSA) is 69.7 Å². The third-order valence-electron chi connectivity index (χ3n) is 3.42. The summed E-state index contributed by atoms with van der Waals surface area (Å²) in [7, 11) is 0. The number of rotatable bonds is 2. The van der Waals surface area contributed by atoms with Crippen LogP contribution < -0.4 is 16.0 Å². The van der Waals surface area contributed by atoms with Gasteiger partial charge in [0.1, 0.15) is 22.7 Å². The van der Waals surface area contributed by atoms with E-state index < -0.39 is 11.3 Å². The van der Waals surface area contributed by atoms with Crippen molar-refractivity contribution >= 4 is 21.9 Å². The van der Waals surface area contributed by atoms with Crippen molar-refractivity contribution in [3.63, 3.8) is 0 Å². The summed E-state index contributed by atoms with van der Waals surface area (Å²) >= 11 is 0. The summed E-state index contributed by atoms with van der Waals surface area (Å²) in [5.74, 6) is 1.04. The molecule has 0 atom stereocenters. The van der Waals surface area contributed by atoms with Crippen molar-refractivity contribution in [2.45, 2.75) is 0 Å². The first-order valence-corrected chi connectivity index (χ1v) is 6.93. The number of hydrogen-bond donors (Lipinski definition) is 0. The molecule has 0 fully saturated rings. The van der Waals surface area contributed by atoms with Gasteiger partial charge in [0.05, 0.1) is 0 Å². The van der Waals surface area contributed by atoms with E-state index in [2.05, 4.69) is 0 Å². The average Bonchev–Trinajstić information content (AvgIpc) is 2.54. The van der Waals surface area contributed by atoms with E-state index in [1.54, 1.807) is 48.5 Å². The van der Waals surface area contributed by atoms with Gasteiger partial charge in [0.15, 0.2) is 0 Å². The monoisotopic (exact) mass is 306 g/mol. The van der Waals surface area contributed by atoms with Gasteiger partial charge in [-0.15, -0.1) is 0 Å². The van der Waals surface area contributed by atoms with Gasteiger partial charge in [-0.05, 0) is 36.4 Å². The van der Waals surface area contributed by atoms with Crippen LogP contribution in [0.25, 0.3) is 21.9 Å². The lowest BCUT2D eigenvalue weighted by Gasteiger charge is -2.07. The van der Waals surface area contributed by atoms with Gasteiger partial charge >= 0.3 is 11.3 Å². The van der Waals surface area contributed by atoms with Gasteiger partial charge in [-0.3, -0.25) is 0 Å². The second kappa shape index (κ2) is 5.14. The summed E-state index contributed by atoms with van der Waals surface area (Å²) in [6.07, 6.45) is 0. The Kier molecular flexibility index (Phi) is 2.98. The van der Waals surface area contributed by atoms with Crippen molar-refractivity contribution in [2.24, 2.45) is 0 Å². The van der Waals surface area contributed by atoms with Crippen molar-refractivity contribution in [1.29, 1.82) is 0 Å². The van der Waals surface area contributed by atoms with Crippen molar-refractivity contribution in [1.82, 2.24) is 0 Å². The molecule has 0 aliphatic carbocycles. The Morgan fingerprint density at radius 3 is 1.52 bits per heavy atom. The lowest BCUT2D eigenvalue weighted by molar-refractivity contribution is 0.478. The molecule has 0 aliphatic rings. The molecule has 0 saturated carbocycles. The maximum absolute atomic E-state index is 11.3. The average molecular weight is 306 g/mol. The summed E-state index contributed by atoms with van der Waals surface area (Å²) in [5, 5.41) is 1.61. The zero-order valence-corrected chi connectivity index (χ0v) is 11.8. The van der Waals surface area contributed by atoms with Crippen molar-refractivity contribution in [3.8, 4) is 11.5 Å². The molecule has 2 aromatic heterocycles. The molecule has 0 amide bonds. The molecule has 2 aromatic carbocycles. The Morgan fingerprint density at radius 2 is 1.04 bits per heavy atom. The van der Waals surface area contributed by atoms with E-state index in [9.17, 15) is 9.59 Å². The van der Waals surface area contributed by atoms with Crippen LogP contribution in [0, 0.1) is 0 Å². The van der Waals surface area contributed by atoms with Crippen molar-refractivity contribution in [3.05, 3.63) is 81.5 Å². The van der Waals surface area contributed by atoms with Crippen LogP contribution in [-0.4, -0.2) is 0 Å². The highest BCUT2D eigenvalue weighted by atomic mass is 16.5. The molecule has 0 N–H and O–H groups in total. The summed E-state index contributed by atoms with van der Waals surface area (Å²) in [5.41, 5.74) is 0.0638. The zero-order valence-electron chi connectivity index (χ0n) is 11.8. The van der Waals surface area contributed by atoms with Crippen LogP contribution in [0.5, 0.6) is 11.5 Å². The van der Waals surface area contributed by atoms with Gasteiger partial charge in [-0.1, -0.05) is 0 Å². The van der Waals surface area contributed by atoms with Crippen molar-refractivity contribution in [2.75, 3.05) is 0 Å². The molecule has 4 aromatic rings. The fourth-order valence-electron chi connectivity index (χ4n) is 2.35. The first kappa shape index (κ1) is 13.3. The molecule has 0 aliphatic heterocycles. The van der Waals surface area contributed by atoms with E-state index in [-0.39, 0.29) is 0 Å². The Bertz CT molecular complexity index is 1050. The van der Waals surface area contributed by atoms with Crippen molar-refractivity contribution < 1.29 is 13.6 Å². The molecule has 0 saturated heterocycles. The third-order valence-corrected chi connectivity index (χ3v) is 3.42. The number of fused-ring (bicyclic) bond motifs is 2. The van der Waals surface area contributed by atoms with Gasteiger partial charge in [0, 0.05) is 35.0 Å². The second-order valence-corrected chi connectivity index (χ2v) is 5.01. The van der Waals surface area contributed by atoms with Gasteiger partial charge < -0.3 is 13.6 Å². The Hall–Kier alpha value is -3.34. The molecule has 0 spiro atoms. The summed E-state index contributed by atoms with van der Waals surface area (Å²) in [6.45, 7) is 0. The molecular weight excluding hydrogens is 296 g/mol. The third kappa shape index (κ3) is 2.60. The van der Waals surface area contributed by atoms with Crippen LogP contribution in [0.15, 0.2) is 79.1 Å². The Balaban J connectivity index is 1.74. The minimum atomic E-state index is -0.415. The number of benzene rings is 2. The van der Waals surface area contributed by atoms with Gasteiger partial charge in [-0.2, -0.15) is 0 Å². The molecule has 0 bridgehead atoms. The maximum atomic E-state index is 11.3. The number of ether oxygens (including phenoxy) is 1. The smallest absolute Gasteiger partial charge is 0.336 e. The minimum absolute atomic E-state index is 0.415. The summed E-state index contributed by atoms with van der Waals surface area (Å²) < 4.78 is 16.0. The van der Waals surface area contributed by atoms with E-state index in [0.717, 1.165) is 10.8 Å². The maximum Gasteiger partial charge on any atom is 0.336 e. The zero-order chi connectivity index (χ0) is 15.8. The molecule has 5 heteroatoms. The molecule has 112 valence electrons. The minimum Gasteiger partial charge on any atom is -0.457 e. The SMILES string of the molecule is O=c1ccc2ccc(Oc3ccc4ccc(=O)oc4c3)cc2o1. The van der Waals surface area contributed by atoms with Gasteiger partial charge in [0.25, 0.3) is 0 Å². The quantitative estimate of drug-likeness (QED) is 0.528. The molecule has 5 nitrogen and oxygen atoms in total. The first-order valence-electron chi connectivity index (χ1n) is 6.93. The normalized spacial score (nSPS) is 11.0. The highest BCUT2D eigenvalue weighted by molar-refractivity contribution is 5.79. The Morgan fingerprint density at radius 1 is 0.609 bits per heavy atom. The highest BCUT2D eigenvalue weighted by Gasteiger charge is 2.04. The van der Waals surface area contributed by atoms with E-state index >= 15 is 0 Å². The standard InChI is InChI=1S/C18H10O5/c19-17-7-3-11-1-5-13(9-15(11)22-17)21-14-6-2-12-4-8-18(20)23-16(12)10-14/h1-10H. The van der Waals surface area contributed by atoms with E-state index in [1.807, 2.05) is 0 Å². The molecule has 0 radical (unpaired) electrons. The largest absolute Gasteiger partial charge is 0.457 e. The van der Waals surface area contributed by atoms with Crippen LogP contribution in [-0.2, 0) is 0 Å². The molecule has 23 heavy (non-hydrogen) atoms. The van der Waals surface area contributed by atoms with E-state index in [1.165, 1.54) is 12.1 Å². The second-order valence-electron chi connectivity index (χ2n) is 5.01. The Labute approximate surface area is 129 Å². The molecule has 2 heterocycles. The van der Waals surface area contributed by atoms with Gasteiger partial charge in [0.2, 0.25) is 0 Å². The molecule has 4 rings (SSSR count). The predicted molar refractivity (Wildman–Crippen MR) is 85.0 cm³/mol. The molecule has 0 unspecified atom stereocenters. The van der Waals surface area contributed by atoms with Gasteiger partial charge in [-0.25, -0.2) is 9.59 Å². The first-order chi connectivity index (χ1) is 11.2. The van der Waals surface area contributed by atoms with Crippen LogP contribution in [0.2, 0.25) is 0 Å². The van der Waals surface area contributed by atoms with E-state index in [0.29, 0.717) is 22.7 Å². The lowest BCUT2D eigenvalue weighted by Crippen LogP contribution is -1.95. The summed E-state index contributed by atoms with van der Waals surface area (Å²) in [4.78, 5) is 22.6. The number of hydrogen-bond acceptors (Lipinski definition) is 5. The fourth-order valence-corrected chi connectivity index (χ4v) is 2.35. The van der Waals surface area contributed by atoms with Crippen LogP contribution in [0.4, 0.5) is 0 Å².